The highest BCUT2D eigenvalue weighted by Gasteiger charge is 2.12. The maximum atomic E-state index is 10.7. The first-order valence-electron chi connectivity index (χ1n) is 7.79. The third-order valence-corrected chi connectivity index (χ3v) is 4.53. The van der Waals surface area contributed by atoms with Crippen molar-refractivity contribution < 1.29 is 4.92 Å². The van der Waals surface area contributed by atoms with Gasteiger partial charge in [-0.05, 0) is 35.4 Å². The molecule has 0 atom stereocenters. The molecule has 0 fully saturated rings. The first-order chi connectivity index (χ1) is 13.1. The Hall–Kier alpha value is -3.26. The van der Waals surface area contributed by atoms with Crippen LogP contribution in [0.3, 0.4) is 0 Å². The smallest absolute Gasteiger partial charge is 0.269 e. The number of nitrogens with zero attached hydrogens (tertiary/aromatic N) is 4. The fourth-order valence-electron chi connectivity index (χ4n) is 2.32. The van der Waals surface area contributed by atoms with E-state index in [1.165, 1.54) is 18.3 Å². The number of anilines is 2. The molecule has 0 saturated heterocycles. The molecule has 0 aliphatic rings. The summed E-state index contributed by atoms with van der Waals surface area (Å²) in [5.74, 6) is 0.697. The topological polar surface area (TPSA) is 120 Å². The van der Waals surface area contributed by atoms with E-state index in [1.54, 1.807) is 12.1 Å². The number of nitrogens with one attached hydrogen (secondary N) is 2. The molecule has 0 unspecified atom stereocenters. The molecular weight excluding hydrogens is 459 g/mol. The average molecular weight is 472 g/mol. The standard InChI is InChI=1S/C18H13IN6O2/c19-9-13-2-1-3-14(8-13)22-18-16(10-20)17(23-24-18)21-11-12-4-6-15(7-5-12)25(26)27/h1-8,11H,9H2,(H2,22,23,24). The second-order valence-corrected chi connectivity index (χ2v) is 6.24. The van der Waals surface area contributed by atoms with Gasteiger partial charge in [0.1, 0.15) is 17.5 Å². The number of non-ortho nitro benzene ring substituents is 1. The SMILES string of the molecule is N#Cc1c(N=Cc2ccc([N+](=O)[O-])cc2)n[nH]c1Nc1cccc(CI)c1. The lowest BCUT2D eigenvalue weighted by Crippen LogP contribution is -1.93. The Labute approximate surface area is 168 Å². The summed E-state index contributed by atoms with van der Waals surface area (Å²) in [6.07, 6.45) is 1.50. The molecule has 0 spiro atoms. The number of aromatic nitrogens is 2. The minimum Gasteiger partial charge on any atom is -0.339 e. The summed E-state index contributed by atoms with van der Waals surface area (Å²) < 4.78 is 0.881. The van der Waals surface area contributed by atoms with Crippen LogP contribution in [0.25, 0.3) is 0 Å². The summed E-state index contributed by atoms with van der Waals surface area (Å²) in [6.45, 7) is 0. The van der Waals surface area contributed by atoms with Crippen LogP contribution < -0.4 is 5.32 Å². The zero-order chi connectivity index (χ0) is 19.2. The predicted octanol–water partition coefficient (Wildman–Crippen LogP) is 4.62. The van der Waals surface area contributed by atoms with E-state index in [9.17, 15) is 15.4 Å². The molecule has 0 amide bonds. The van der Waals surface area contributed by atoms with Crippen molar-refractivity contribution in [3.63, 3.8) is 0 Å². The van der Waals surface area contributed by atoms with E-state index < -0.39 is 4.92 Å². The largest absolute Gasteiger partial charge is 0.339 e. The molecule has 2 N–H and O–H groups in total. The van der Waals surface area contributed by atoms with Crippen LogP contribution in [-0.4, -0.2) is 21.3 Å². The molecule has 0 bridgehead atoms. The lowest BCUT2D eigenvalue weighted by molar-refractivity contribution is -0.384. The number of nitro benzene ring substituents is 1. The number of aliphatic imine (C=N–C) groups is 1. The summed E-state index contributed by atoms with van der Waals surface area (Å²) >= 11 is 2.28. The van der Waals surface area contributed by atoms with Crippen molar-refractivity contribution in [3.8, 4) is 6.07 Å². The van der Waals surface area contributed by atoms with Crippen molar-refractivity contribution in [2.45, 2.75) is 4.43 Å². The monoisotopic (exact) mass is 472 g/mol. The maximum absolute atomic E-state index is 10.7. The molecular formula is C18H13IN6O2. The van der Waals surface area contributed by atoms with Gasteiger partial charge in [0, 0.05) is 28.5 Å². The first kappa shape index (κ1) is 18.5. The van der Waals surface area contributed by atoms with E-state index in [-0.39, 0.29) is 17.1 Å². The number of halogens is 1. The quantitative estimate of drug-likeness (QED) is 0.178. The molecule has 0 aliphatic carbocycles. The van der Waals surface area contributed by atoms with Crippen LogP contribution in [-0.2, 0) is 4.43 Å². The minimum atomic E-state index is -0.465. The Bertz CT molecular complexity index is 1040. The molecule has 9 heteroatoms. The average Bonchev–Trinajstić information content (AvgIpc) is 3.08. The van der Waals surface area contributed by atoms with Crippen molar-refractivity contribution in [3.05, 3.63) is 75.3 Å². The Morgan fingerprint density at radius 2 is 2.11 bits per heavy atom. The molecule has 0 aliphatic heterocycles. The van der Waals surface area contributed by atoms with Gasteiger partial charge in [0.05, 0.1) is 4.92 Å². The highest BCUT2D eigenvalue weighted by molar-refractivity contribution is 14.1. The van der Waals surface area contributed by atoms with Crippen molar-refractivity contribution in [2.24, 2.45) is 4.99 Å². The number of hydrogen-bond donors (Lipinski definition) is 2. The van der Waals surface area contributed by atoms with Gasteiger partial charge in [-0.2, -0.15) is 10.4 Å². The molecule has 3 rings (SSSR count). The number of H-pyrrole nitrogens is 1. The number of nitro groups is 1. The molecule has 27 heavy (non-hydrogen) atoms. The lowest BCUT2D eigenvalue weighted by Gasteiger charge is -2.05. The van der Waals surface area contributed by atoms with Gasteiger partial charge in [0.25, 0.3) is 5.69 Å². The fraction of sp³-hybridized carbons (Fsp3) is 0.0556. The van der Waals surface area contributed by atoms with Crippen LogP contribution in [0.4, 0.5) is 23.0 Å². The lowest BCUT2D eigenvalue weighted by atomic mass is 10.2. The summed E-state index contributed by atoms with van der Waals surface area (Å²) in [6, 6.07) is 15.9. The fourth-order valence-corrected chi connectivity index (χ4v) is 2.79. The van der Waals surface area contributed by atoms with Crippen LogP contribution >= 0.6 is 22.6 Å². The number of aromatic amines is 1. The van der Waals surface area contributed by atoms with Gasteiger partial charge >= 0.3 is 0 Å². The number of nitriles is 1. The molecule has 0 saturated carbocycles. The van der Waals surface area contributed by atoms with Crippen LogP contribution in [0, 0.1) is 21.4 Å². The summed E-state index contributed by atoms with van der Waals surface area (Å²) in [7, 11) is 0. The number of rotatable bonds is 6. The predicted molar refractivity (Wildman–Crippen MR) is 111 cm³/mol. The number of alkyl halides is 1. The highest BCUT2D eigenvalue weighted by atomic mass is 127. The van der Waals surface area contributed by atoms with Crippen LogP contribution in [0.1, 0.15) is 16.7 Å². The maximum Gasteiger partial charge on any atom is 0.269 e. The molecule has 8 nitrogen and oxygen atoms in total. The highest BCUT2D eigenvalue weighted by Crippen LogP contribution is 2.26. The third kappa shape index (κ3) is 4.48. The van der Waals surface area contributed by atoms with Crippen molar-refractivity contribution in [2.75, 3.05) is 5.32 Å². The van der Waals surface area contributed by atoms with Gasteiger partial charge in [0.15, 0.2) is 5.82 Å². The van der Waals surface area contributed by atoms with Crippen LogP contribution in [0.5, 0.6) is 0 Å². The van der Waals surface area contributed by atoms with E-state index >= 15 is 0 Å². The molecule has 3 aromatic rings. The zero-order valence-electron chi connectivity index (χ0n) is 13.9. The third-order valence-electron chi connectivity index (χ3n) is 3.65. The van der Waals surface area contributed by atoms with Gasteiger partial charge in [-0.25, -0.2) is 4.99 Å². The molecule has 0 radical (unpaired) electrons. The summed E-state index contributed by atoms with van der Waals surface area (Å²) in [5, 5.41) is 30.1. The number of hydrogen-bond acceptors (Lipinski definition) is 6. The number of benzene rings is 2. The zero-order valence-corrected chi connectivity index (χ0v) is 16.0. The molecule has 1 heterocycles. The Morgan fingerprint density at radius 3 is 2.78 bits per heavy atom. The van der Waals surface area contributed by atoms with Crippen molar-refractivity contribution >= 4 is 51.8 Å². The van der Waals surface area contributed by atoms with Gasteiger partial charge in [-0.1, -0.05) is 34.7 Å². The van der Waals surface area contributed by atoms with E-state index in [4.69, 9.17) is 0 Å². The van der Waals surface area contributed by atoms with Crippen LogP contribution in [0.15, 0.2) is 53.5 Å². The summed E-state index contributed by atoms with van der Waals surface area (Å²) in [5.41, 5.74) is 2.96. The van der Waals surface area contributed by atoms with E-state index in [0.717, 1.165) is 15.7 Å². The van der Waals surface area contributed by atoms with E-state index in [0.29, 0.717) is 11.4 Å². The van der Waals surface area contributed by atoms with Gasteiger partial charge in [-0.15, -0.1) is 0 Å². The first-order valence-corrected chi connectivity index (χ1v) is 9.32. The normalized spacial score (nSPS) is 10.7. The Kier molecular flexibility index (Phi) is 5.77. The minimum absolute atomic E-state index is 0.00449. The van der Waals surface area contributed by atoms with Crippen molar-refractivity contribution in [1.29, 1.82) is 5.26 Å². The Morgan fingerprint density at radius 1 is 1.33 bits per heavy atom. The van der Waals surface area contributed by atoms with Gasteiger partial charge in [0.2, 0.25) is 0 Å². The van der Waals surface area contributed by atoms with Gasteiger partial charge < -0.3 is 5.32 Å². The second kappa shape index (κ2) is 8.41. The van der Waals surface area contributed by atoms with Gasteiger partial charge in [-0.3, -0.25) is 15.2 Å². The van der Waals surface area contributed by atoms with E-state index in [1.807, 2.05) is 24.3 Å². The Balaban J connectivity index is 1.81. The molecule has 134 valence electrons. The van der Waals surface area contributed by atoms with Crippen molar-refractivity contribution in [1.82, 2.24) is 10.2 Å². The summed E-state index contributed by atoms with van der Waals surface area (Å²) in [4.78, 5) is 14.4. The molecule has 2 aromatic carbocycles. The van der Waals surface area contributed by atoms with Crippen LogP contribution in [0.2, 0.25) is 0 Å². The second-order valence-electron chi connectivity index (χ2n) is 5.47. The molecule has 1 aromatic heterocycles. The van der Waals surface area contributed by atoms with E-state index in [2.05, 4.69) is 49.2 Å².